The fourth-order valence-electron chi connectivity index (χ4n) is 9.85. The molecule has 2 fully saturated rings. The number of rotatable bonds is 8. The van der Waals surface area contributed by atoms with E-state index in [0.29, 0.717) is 11.1 Å². The van der Waals surface area contributed by atoms with E-state index in [2.05, 4.69) is 84.2 Å². The first-order valence-corrected chi connectivity index (χ1v) is 23.5. The van der Waals surface area contributed by atoms with E-state index >= 15 is 0 Å². The summed E-state index contributed by atoms with van der Waals surface area (Å²) in [4.78, 5) is 14.4. The first-order chi connectivity index (χ1) is 34.4. The van der Waals surface area contributed by atoms with Crippen molar-refractivity contribution in [2.45, 2.75) is 19.3 Å². The molecule has 6 heterocycles. The summed E-state index contributed by atoms with van der Waals surface area (Å²) in [5.74, 6) is 0.167. The minimum Gasteiger partial charge on any atom is -0.409 e. The number of piperidine rings is 1. The monoisotopic (exact) mass is 925 g/mol. The third-order valence-electron chi connectivity index (χ3n) is 13.5. The van der Waals surface area contributed by atoms with Crippen LogP contribution in [0.2, 0.25) is 0 Å². The fourth-order valence-corrected chi connectivity index (χ4v) is 9.85. The number of benzene rings is 6. The topological polar surface area (TPSA) is 196 Å². The van der Waals surface area contributed by atoms with Gasteiger partial charge in [0.15, 0.2) is 23.0 Å². The first-order valence-electron chi connectivity index (χ1n) is 23.5. The van der Waals surface area contributed by atoms with Gasteiger partial charge in [0.05, 0.1) is 12.4 Å². The van der Waals surface area contributed by atoms with Gasteiger partial charge in [-0.3, -0.25) is 0 Å². The van der Waals surface area contributed by atoms with Crippen LogP contribution in [0.25, 0.3) is 77.3 Å². The van der Waals surface area contributed by atoms with Gasteiger partial charge in [0.2, 0.25) is 0 Å². The molecular formula is C55H51N13O2. The molecule has 70 heavy (non-hydrogen) atoms. The van der Waals surface area contributed by atoms with Crippen LogP contribution >= 0.6 is 0 Å². The molecule has 0 amide bonds. The number of piperazine rings is 1. The van der Waals surface area contributed by atoms with Crippen LogP contribution in [0.1, 0.15) is 30.4 Å². The standard InChI is InChI=1S/C28H26N6O.C27H25N7O/c29-27(32-35)25-13-12-24(22-6-2-3-7-23(22)25)26-17-31-34-18-20(16-30-28(26)34)19-8-10-21(11-9-19)33-14-4-1-5-15-33;28-26(32-35)24-10-9-23(21-3-1-2-4-22(21)24)25-16-31-34-17-19(15-30-27(25)34)18-5-7-20(8-6-18)33-13-11-29-12-14-33/h2-3,6-13,16-18,35H,1,4-5,14-15H2,(H2,29,32);1-10,15-17,29,35H,11-14H2,(H2,28,32). The molecule has 7 N–H and O–H groups in total. The number of oxime groups is 2. The van der Waals surface area contributed by atoms with Crippen molar-refractivity contribution in [1.82, 2.24) is 34.5 Å². The molecule has 348 valence electrons. The molecule has 0 bridgehead atoms. The van der Waals surface area contributed by atoms with Crippen LogP contribution in [0.3, 0.4) is 0 Å². The number of anilines is 2. The SMILES string of the molecule is N/C(=N/O)c1ccc(-c2cnn3cc(-c4ccc(N5CCCCC5)cc4)cnc23)c2ccccc12.N/C(=N/O)c1ccc(-c2cnn3cc(-c4ccc(N5CCNCC5)cc4)cnc23)c2ccccc12. The molecule has 4 aromatic heterocycles. The Morgan fingerprint density at radius 2 is 0.886 bits per heavy atom. The Hall–Kier alpha value is -8.82. The van der Waals surface area contributed by atoms with Gasteiger partial charge in [-0.15, -0.1) is 0 Å². The predicted octanol–water partition coefficient (Wildman–Crippen LogP) is 9.02. The molecule has 0 saturated carbocycles. The van der Waals surface area contributed by atoms with Gasteiger partial charge in [-0.05, 0) is 99.5 Å². The second-order valence-electron chi connectivity index (χ2n) is 17.6. The average Bonchev–Trinajstić information content (AvgIpc) is 4.07. The first kappa shape index (κ1) is 43.7. The maximum Gasteiger partial charge on any atom is 0.170 e. The molecule has 6 aromatic carbocycles. The molecule has 10 aromatic rings. The number of hydrogen-bond donors (Lipinski definition) is 5. The molecule has 15 nitrogen and oxygen atoms in total. The van der Waals surface area contributed by atoms with E-state index in [1.807, 2.05) is 119 Å². The summed E-state index contributed by atoms with van der Waals surface area (Å²) in [6, 6.07) is 40.9. The average molecular weight is 926 g/mol. The highest BCUT2D eigenvalue weighted by Crippen LogP contribution is 2.36. The Labute approximate surface area is 403 Å². The van der Waals surface area contributed by atoms with Crippen molar-refractivity contribution in [3.05, 3.63) is 170 Å². The molecule has 2 saturated heterocycles. The molecule has 2 aliphatic rings. The van der Waals surface area contributed by atoms with E-state index in [9.17, 15) is 10.4 Å². The number of hydrogen-bond acceptors (Lipinski definition) is 11. The van der Waals surface area contributed by atoms with Crippen molar-refractivity contribution in [3.63, 3.8) is 0 Å². The van der Waals surface area contributed by atoms with Crippen LogP contribution in [0, 0.1) is 0 Å². The van der Waals surface area contributed by atoms with Gasteiger partial charge in [-0.25, -0.2) is 19.0 Å². The summed E-state index contributed by atoms with van der Waals surface area (Å²) in [5, 5.41) is 41.1. The van der Waals surface area contributed by atoms with Crippen molar-refractivity contribution in [2.24, 2.45) is 21.8 Å². The molecule has 0 radical (unpaired) electrons. The summed E-state index contributed by atoms with van der Waals surface area (Å²) in [6.07, 6.45) is 15.4. The molecule has 12 rings (SSSR count). The lowest BCUT2D eigenvalue weighted by Gasteiger charge is -2.29. The number of amidine groups is 2. The van der Waals surface area contributed by atoms with Gasteiger partial charge in [0, 0.05) is 109 Å². The van der Waals surface area contributed by atoms with E-state index in [1.54, 1.807) is 0 Å². The molecule has 2 aliphatic heterocycles. The highest BCUT2D eigenvalue weighted by Gasteiger charge is 2.18. The maximum absolute atomic E-state index is 9.18. The lowest BCUT2D eigenvalue weighted by atomic mass is 9.96. The zero-order chi connectivity index (χ0) is 47.6. The minimum absolute atomic E-state index is 0.0818. The van der Waals surface area contributed by atoms with Crippen molar-refractivity contribution in [1.29, 1.82) is 0 Å². The van der Waals surface area contributed by atoms with Gasteiger partial charge < -0.3 is 37.0 Å². The van der Waals surface area contributed by atoms with E-state index in [4.69, 9.17) is 21.4 Å². The summed E-state index contributed by atoms with van der Waals surface area (Å²) in [6.45, 7) is 6.36. The maximum atomic E-state index is 9.18. The van der Waals surface area contributed by atoms with Gasteiger partial charge >= 0.3 is 0 Å². The molecule has 0 atom stereocenters. The third-order valence-corrected chi connectivity index (χ3v) is 13.5. The van der Waals surface area contributed by atoms with Crippen LogP contribution < -0.4 is 26.6 Å². The van der Waals surface area contributed by atoms with Crippen molar-refractivity contribution >= 4 is 55.9 Å². The number of fused-ring (bicyclic) bond motifs is 4. The number of nitrogens with zero attached hydrogens (tertiary/aromatic N) is 10. The quantitative estimate of drug-likeness (QED) is 0.0422. The van der Waals surface area contributed by atoms with Crippen LogP contribution in [-0.2, 0) is 0 Å². The van der Waals surface area contributed by atoms with Crippen molar-refractivity contribution in [3.8, 4) is 44.5 Å². The zero-order valence-electron chi connectivity index (χ0n) is 38.4. The minimum atomic E-state index is 0.0818. The smallest absolute Gasteiger partial charge is 0.170 e. The van der Waals surface area contributed by atoms with Gasteiger partial charge in [-0.2, -0.15) is 10.2 Å². The number of nitrogens with two attached hydrogens (primary N) is 2. The zero-order valence-corrected chi connectivity index (χ0v) is 38.4. The van der Waals surface area contributed by atoms with Gasteiger partial charge in [0.25, 0.3) is 0 Å². The highest BCUT2D eigenvalue weighted by atomic mass is 16.4. The molecule has 15 heteroatoms. The second kappa shape index (κ2) is 19.1. The Bertz CT molecular complexity index is 3330. The van der Waals surface area contributed by atoms with E-state index in [-0.39, 0.29) is 11.7 Å². The van der Waals surface area contributed by atoms with Crippen molar-refractivity contribution in [2.75, 3.05) is 49.1 Å². The largest absolute Gasteiger partial charge is 0.409 e. The molecule has 0 unspecified atom stereocenters. The summed E-state index contributed by atoms with van der Waals surface area (Å²) >= 11 is 0. The van der Waals surface area contributed by atoms with Gasteiger partial charge in [-0.1, -0.05) is 95.2 Å². The molecular weight excluding hydrogens is 875 g/mol. The number of nitrogens with one attached hydrogen (secondary N) is 1. The second-order valence-corrected chi connectivity index (χ2v) is 17.6. The summed E-state index contributed by atoms with van der Waals surface area (Å²) in [5.41, 5.74) is 25.3. The lowest BCUT2D eigenvalue weighted by Crippen LogP contribution is -2.43. The Balaban J connectivity index is 0.000000152. The Morgan fingerprint density at radius 1 is 0.457 bits per heavy atom. The van der Waals surface area contributed by atoms with E-state index < -0.39 is 0 Å². The normalized spacial score (nSPS) is 14.6. The third kappa shape index (κ3) is 8.32. The Kier molecular flexibility index (Phi) is 11.9. The number of aromatic nitrogens is 6. The van der Waals surface area contributed by atoms with Gasteiger partial charge in [0.1, 0.15) is 0 Å². The van der Waals surface area contributed by atoms with Crippen LogP contribution in [0.5, 0.6) is 0 Å². The lowest BCUT2D eigenvalue weighted by molar-refractivity contribution is 0.318. The Morgan fingerprint density at radius 3 is 1.33 bits per heavy atom. The molecule has 0 aliphatic carbocycles. The van der Waals surface area contributed by atoms with E-state index in [1.165, 1.54) is 30.6 Å². The van der Waals surface area contributed by atoms with Crippen LogP contribution in [0.15, 0.2) is 169 Å². The highest BCUT2D eigenvalue weighted by molar-refractivity contribution is 6.14. The van der Waals surface area contributed by atoms with Crippen LogP contribution in [-0.4, -0.2) is 90.6 Å². The fraction of sp³-hybridized carbons (Fsp3) is 0.164. The molecule has 0 spiro atoms. The van der Waals surface area contributed by atoms with E-state index in [0.717, 1.165) is 117 Å². The predicted molar refractivity (Wildman–Crippen MR) is 279 cm³/mol. The van der Waals surface area contributed by atoms with Crippen LogP contribution in [0.4, 0.5) is 11.4 Å². The summed E-state index contributed by atoms with van der Waals surface area (Å²) < 4.78 is 3.65. The van der Waals surface area contributed by atoms with Crippen molar-refractivity contribution < 1.29 is 10.4 Å². The summed E-state index contributed by atoms with van der Waals surface area (Å²) in [7, 11) is 0.